The molecule has 1 aromatic heterocycles. The summed E-state index contributed by atoms with van der Waals surface area (Å²) >= 11 is 12.0. The summed E-state index contributed by atoms with van der Waals surface area (Å²) in [4.78, 5) is 8.35. The lowest BCUT2D eigenvalue weighted by molar-refractivity contribution is 0.381. The van der Waals surface area contributed by atoms with E-state index in [1.807, 2.05) is 38.2 Å². The molecule has 0 aliphatic rings. The first-order valence-corrected chi connectivity index (χ1v) is 11.7. The van der Waals surface area contributed by atoms with E-state index in [9.17, 15) is 8.42 Å². The van der Waals surface area contributed by atoms with Crippen LogP contribution in [0.4, 0.5) is 5.82 Å². The topological polar surface area (TPSA) is 102 Å². The summed E-state index contributed by atoms with van der Waals surface area (Å²) in [6.07, 6.45) is 0. The Labute approximate surface area is 197 Å². The highest BCUT2D eigenvalue weighted by Gasteiger charge is 2.24. The van der Waals surface area contributed by atoms with Gasteiger partial charge in [-0.2, -0.15) is 4.98 Å². The van der Waals surface area contributed by atoms with Crippen LogP contribution in [0.1, 0.15) is 24.2 Å². The molecular weight excluding hydrogens is 475 g/mol. The minimum atomic E-state index is -4.10. The van der Waals surface area contributed by atoms with Gasteiger partial charge in [-0.3, -0.25) is 4.72 Å². The Bertz CT molecular complexity index is 1220. The van der Waals surface area contributed by atoms with Crippen LogP contribution in [-0.4, -0.2) is 32.5 Å². The van der Waals surface area contributed by atoms with Gasteiger partial charge in [-0.15, -0.1) is 0 Å². The summed E-state index contributed by atoms with van der Waals surface area (Å²) < 4.78 is 39.1. The molecule has 3 rings (SSSR count). The Morgan fingerprint density at radius 1 is 1.03 bits per heavy atom. The van der Waals surface area contributed by atoms with Crippen molar-refractivity contribution in [2.75, 3.05) is 18.9 Å². The largest absolute Gasteiger partial charge is 0.478 e. The van der Waals surface area contributed by atoms with Crippen molar-refractivity contribution in [3.05, 3.63) is 63.8 Å². The Morgan fingerprint density at radius 2 is 1.72 bits per heavy atom. The van der Waals surface area contributed by atoms with E-state index >= 15 is 0 Å². The first-order valence-electron chi connectivity index (χ1n) is 9.50. The van der Waals surface area contributed by atoms with Crippen LogP contribution in [0, 0.1) is 6.92 Å². The number of sulfonamides is 1. The third-order valence-corrected chi connectivity index (χ3v) is 6.96. The van der Waals surface area contributed by atoms with E-state index < -0.39 is 10.0 Å². The fraction of sp³-hybridized carbons (Fsp3) is 0.238. The number of rotatable bonds is 8. The van der Waals surface area contributed by atoms with Crippen LogP contribution in [0.15, 0.2) is 47.4 Å². The quantitative estimate of drug-likeness (QED) is 0.453. The number of anilines is 1. The second-order valence-corrected chi connectivity index (χ2v) is 9.25. The summed E-state index contributed by atoms with van der Waals surface area (Å²) in [6.45, 7) is 3.69. The zero-order valence-electron chi connectivity index (χ0n) is 17.8. The molecule has 1 heterocycles. The number of halogens is 2. The smallest absolute Gasteiger partial charge is 0.264 e. The Morgan fingerprint density at radius 3 is 2.34 bits per heavy atom. The van der Waals surface area contributed by atoms with Crippen molar-refractivity contribution in [1.29, 1.82) is 0 Å². The van der Waals surface area contributed by atoms with Crippen LogP contribution in [0.2, 0.25) is 10.0 Å². The van der Waals surface area contributed by atoms with Crippen molar-refractivity contribution in [3.8, 4) is 17.5 Å². The van der Waals surface area contributed by atoms with Crippen molar-refractivity contribution < 1.29 is 17.9 Å². The molecule has 1 atom stereocenters. The summed E-state index contributed by atoms with van der Waals surface area (Å²) in [6, 6.07) is 12.0. The monoisotopic (exact) mass is 496 g/mol. The van der Waals surface area contributed by atoms with E-state index in [2.05, 4.69) is 20.0 Å². The second kappa shape index (κ2) is 9.91. The second-order valence-electron chi connectivity index (χ2n) is 6.81. The maximum Gasteiger partial charge on any atom is 0.264 e. The molecule has 8 nitrogen and oxygen atoms in total. The van der Waals surface area contributed by atoms with Gasteiger partial charge < -0.3 is 14.8 Å². The maximum atomic E-state index is 12.8. The van der Waals surface area contributed by atoms with Gasteiger partial charge in [-0.05, 0) is 50.7 Å². The van der Waals surface area contributed by atoms with Crippen LogP contribution in [0.5, 0.6) is 17.5 Å². The van der Waals surface area contributed by atoms with E-state index in [-0.39, 0.29) is 38.6 Å². The Balaban J connectivity index is 1.89. The third-order valence-electron chi connectivity index (χ3n) is 4.65. The molecule has 170 valence electrons. The number of nitrogens with zero attached hydrogens (tertiary/aromatic N) is 2. The van der Waals surface area contributed by atoms with E-state index in [4.69, 9.17) is 32.7 Å². The molecule has 0 unspecified atom stereocenters. The van der Waals surface area contributed by atoms with E-state index in [0.717, 1.165) is 5.56 Å². The highest BCUT2D eigenvalue weighted by atomic mass is 35.5. The third kappa shape index (κ3) is 5.24. The molecule has 0 aliphatic heterocycles. The normalized spacial score (nSPS) is 12.3. The number of ether oxygens (including phenoxy) is 2. The number of aryl methyl sites for hydroxylation is 1. The number of benzene rings is 2. The molecule has 2 aromatic carbocycles. The van der Waals surface area contributed by atoms with Gasteiger partial charge in [0.25, 0.3) is 15.9 Å². The zero-order valence-corrected chi connectivity index (χ0v) is 20.1. The van der Waals surface area contributed by atoms with Gasteiger partial charge in [0.15, 0.2) is 0 Å². The predicted octanol–water partition coefficient (Wildman–Crippen LogP) is 4.97. The van der Waals surface area contributed by atoms with Gasteiger partial charge in [0.1, 0.15) is 16.3 Å². The maximum absolute atomic E-state index is 12.8. The molecule has 0 aliphatic carbocycles. The number of nitrogens with one attached hydrogen (secondary N) is 2. The van der Waals surface area contributed by atoms with Gasteiger partial charge in [0.2, 0.25) is 11.7 Å². The lowest BCUT2D eigenvalue weighted by Crippen LogP contribution is -2.16. The number of methoxy groups -OCH3 is 1. The van der Waals surface area contributed by atoms with Gasteiger partial charge in [0.05, 0.1) is 17.2 Å². The highest BCUT2D eigenvalue weighted by molar-refractivity contribution is 7.92. The molecule has 0 saturated carbocycles. The number of hydrogen-bond acceptors (Lipinski definition) is 7. The summed E-state index contributed by atoms with van der Waals surface area (Å²) in [7, 11) is -0.865. The number of aromatic nitrogens is 2. The molecule has 0 radical (unpaired) electrons. The summed E-state index contributed by atoms with van der Waals surface area (Å²) in [5.74, 6) is 0.565. The SMILES string of the molecule is CN[C@H](C)c1ccc(Oc2nc(OC)c(NS(=O)(=O)c3cccc(Cl)c3Cl)nc2C)cc1. The minimum Gasteiger partial charge on any atom is -0.478 e. The molecule has 11 heteroatoms. The molecule has 32 heavy (non-hydrogen) atoms. The predicted molar refractivity (Wildman–Crippen MR) is 125 cm³/mol. The van der Waals surface area contributed by atoms with E-state index in [1.165, 1.54) is 25.3 Å². The molecule has 2 N–H and O–H groups in total. The molecule has 0 fully saturated rings. The van der Waals surface area contributed by atoms with Gasteiger partial charge in [0, 0.05) is 6.04 Å². The standard InChI is InChI=1S/C21H22Cl2N4O4S/c1-12(24-3)14-8-10-15(11-9-14)31-20-13(2)25-19(21(26-20)30-4)27-32(28,29)17-7-5-6-16(22)18(17)23/h5-12,24H,1-4H3,(H,25,27)/t12-/m1/s1. The van der Waals surface area contributed by atoms with Crippen molar-refractivity contribution in [3.63, 3.8) is 0 Å². The van der Waals surface area contributed by atoms with Crippen LogP contribution < -0.4 is 19.5 Å². The van der Waals surface area contributed by atoms with Crippen LogP contribution in [-0.2, 0) is 10.0 Å². The molecule has 0 spiro atoms. The fourth-order valence-corrected chi connectivity index (χ4v) is 4.53. The molecule has 0 amide bonds. The number of hydrogen-bond donors (Lipinski definition) is 2. The molecular formula is C21H22Cl2N4O4S. The highest BCUT2D eigenvalue weighted by Crippen LogP contribution is 2.33. The summed E-state index contributed by atoms with van der Waals surface area (Å²) in [5, 5.41) is 3.18. The average molecular weight is 497 g/mol. The van der Waals surface area contributed by atoms with Gasteiger partial charge in [-0.1, -0.05) is 41.4 Å². The molecule has 3 aromatic rings. The van der Waals surface area contributed by atoms with Crippen molar-refractivity contribution in [2.45, 2.75) is 24.8 Å². The first-order chi connectivity index (χ1) is 15.2. The molecule has 0 bridgehead atoms. The van der Waals surface area contributed by atoms with Crippen LogP contribution in [0.3, 0.4) is 0 Å². The van der Waals surface area contributed by atoms with E-state index in [1.54, 1.807) is 6.92 Å². The van der Waals surface area contributed by atoms with Gasteiger partial charge in [-0.25, -0.2) is 13.4 Å². The first kappa shape index (κ1) is 24.1. The zero-order chi connectivity index (χ0) is 23.5. The average Bonchev–Trinajstić information content (AvgIpc) is 2.77. The van der Waals surface area contributed by atoms with Crippen LogP contribution in [0.25, 0.3) is 0 Å². The lowest BCUT2D eigenvalue weighted by atomic mass is 10.1. The minimum absolute atomic E-state index is 0.0623. The fourth-order valence-electron chi connectivity index (χ4n) is 2.77. The van der Waals surface area contributed by atoms with Crippen molar-refractivity contribution >= 4 is 39.0 Å². The van der Waals surface area contributed by atoms with Crippen molar-refractivity contribution in [1.82, 2.24) is 15.3 Å². The van der Waals surface area contributed by atoms with Crippen molar-refractivity contribution in [2.24, 2.45) is 0 Å². The molecule has 0 saturated heterocycles. The van der Waals surface area contributed by atoms with E-state index in [0.29, 0.717) is 11.4 Å². The van der Waals surface area contributed by atoms with Crippen LogP contribution >= 0.6 is 23.2 Å². The van der Waals surface area contributed by atoms with Gasteiger partial charge >= 0.3 is 0 Å². The lowest BCUT2D eigenvalue weighted by Gasteiger charge is -2.15. The Hall–Kier alpha value is -2.59. The Kier molecular flexibility index (Phi) is 7.45. The summed E-state index contributed by atoms with van der Waals surface area (Å²) in [5.41, 5.74) is 1.46.